The first kappa shape index (κ1) is 16.0. The number of methoxy groups -OCH3 is 1. The van der Waals surface area contributed by atoms with Gasteiger partial charge >= 0.3 is 0 Å². The molecule has 0 bridgehead atoms. The Hall–Kier alpha value is -1.37. The number of anilines is 1. The van der Waals surface area contributed by atoms with Crippen LogP contribution in [0.25, 0.3) is 11.4 Å². The van der Waals surface area contributed by atoms with Crippen molar-refractivity contribution in [2.45, 2.75) is 26.7 Å². The minimum atomic E-state index is 0.708. The van der Waals surface area contributed by atoms with Crippen LogP contribution in [-0.2, 0) is 6.42 Å². The summed E-state index contributed by atoms with van der Waals surface area (Å²) in [4.78, 5) is 9.37. The quantitative estimate of drug-likeness (QED) is 0.774. The lowest BCUT2D eigenvalue weighted by Gasteiger charge is -2.13. The van der Waals surface area contributed by atoms with Gasteiger partial charge < -0.3 is 10.1 Å². The van der Waals surface area contributed by atoms with Crippen molar-refractivity contribution in [1.82, 2.24) is 9.97 Å². The predicted molar refractivity (Wildman–Crippen MR) is 95.0 cm³/mol. The second-order valence-electron chi connectivity index (χ2n) is 4.86. The van der Waals surface area contributed by atoms with E-state index in [-0.39, 0.29) is 0 Å². The average Bonchev–Trinajstić information content (AvgIpc) is 2.49. The molecule has 0 aliphatic heterocycles. The smallest absolute Gasteiger partial charge is 0.165 e. The van der Waals surface area contributed by atoms with E-state index in [2.05, 4.69) is 45.9 Å². The highest BCUT2D eigenvalue weighted by Gasteiger charge is 2.15. The third-order valence-corrected chi connectivity index (χ3v) is 4.37. The van der Waals surface area contributed by atoms with Crippen LogP contribution in [0.5, 0.6) is 5.75 Å². The number of nitrogens with zero attached hydrogens (tertiary/aromatic N) is 2. The summed E-state index contributed by atoms with van der Waals surface area (Å²) < 4.78 is 6.57. The van der Waals surface area contributed by atoms with Gasteiger partial charge in [0.1, 0.15) is 11.6 Å². The molecule has 0 spiro atoms. The van der Waals surface area contributed by atoms with Gasteiger partial charge in [0.15, 0.2) is 5.82 Å². The fourth-order valence-electron chi connectivity index (χ4n) is 2.17. The van der Waals surface area contributed by atoms with Crippen LogP contribution in [0.1, 0.15) is 24.6 Å². The number of hydrogen-bond acceptors (Lipinski definition) is 4. The summed E-state index contributed by atoms with van der Waals surface area (Å²) in [7, 11) is 3.56. The zero-order valence-electron chi connectivity index (χ0n) is 12.8. The molecule has 0 radical (unpaired) electrons. The Morgan fingerprint density at radius 3 is 2.67 bits per heavy atom. The van der Waals surface area contributed by atoms with Crippen molar-refractivity contribution in [3.05, 3.63) is 33.0 Å². The van der Waals surface area contributed by atoms with E-state index in [4.69, 9.17) is 9.72 Å². The number of benzene rings is 1. The third-order valence-electron chi connectivity index (χ3n) is 3.24. The van der Waals surface area contributed by atoms with Gasteiger partial charge in [-0.2, -0.15) is 0 Å². The largest absolute Gasteiger partial charge is 0.496 e. The van der Waals surface area contributed by atoms with Crippen LogP contribution in [0.4, 0.5) is 5.82 Å². The fourth-order valence-corrected chi connectivity index (χ4v) is 2.95. The Morgan fingerprint density at radius 2 is 2.05 bits per heavy atom. The minimum Gasteiger partial charge on any atom is -0.496 e. The molecule has 1 aromatic carbocycles. The standard InChI is InChI=1S/C16H20IN3O/c1-5-6-12-14(17)16(18-3)20-15(19-12)11-8-7-10(2)9-13(11)21-4/h7-9H,5-6H2,1-4H3,(H,18,19,20). The van der Waals surface area contributed by atoms with Crippen molar-refractivity contribution in [2.75, 3.05) is 19.5 Å². The summed E-state index contributed by atoms with van der Waals surface area (Å²) in [6.45, 7) is 4.20. The van der Waals surface area contributed by atoms with E-state index in [0.717, 1.165) is 44.8 Å². The molecule has 0 saturated carbocycles. The monoisotopic (exact) mass is 397 g/mol. The molecule has 0 aliphatic rings. The van der Waals surface area contributed by atoms with Gasteiger partial charge in [-0.05, 0) is 53.6 Å². The lowest BCUT2D eigenvalue weighted by atomic mass is 10.1. The van der Waals surface area contributed by atoms with Gasteiger partial charge in [-0.15, -0.1) is 0 Å². The minimum absolute atomic E-state index is 0.708. The maximum Gasteiger partial charge on any atom is 0.165 e. The molecule has 2 rings (SSSR count). The fraction of sp³-hybridized carbons (Fsp3) is 0.375. The highest BCUT2D eigenvalue weighted by Crippen LogP contribution is 2.31. The van der Waals surface area contributed by atoms with Gasteiger partial charge in [0, 0.05) is 7.05 Å². The van der Waals surface area contributed by atoms with E-state index in [1.54, 1.807) is 7.11 Å². The molecule has 21 heavy (non-hydrogen) atoms. The van der Waals surface area contributed by atoms with Crippen molar-refractivity contribution in [3.63, 3.8) is 0 Å². The molecule has 0 fully saturated rings. The highest BCUT2D eigenvalue weighted by atomic mass is 127. The van der Waals surface area contributed by atoms with Crippen LogP contribution >= 0.6 is 22.6 Å². The Balaban J connectivity index is 2.60. The predicted octanol–water partition coefficient (Wildman–Crippen LogP) is 4.06. The second kappa shape index (κ2) is 7.06. The molecule has 1 aromatic heterocycles. The topological polar surface area (TPSA) is 47.0 Å². The van der Waals surface area contributed by atoms with Crippen molar-refractivity contribution in [1.29, 1.82) is 0 Å². The Morgan fingerprint density at radius 1 is 1.29 bits per heavy atom. The van der Waals surface area contributed by atoms with E-state index in [9.17, 15) is 0 Å². The average molecular weight is 397 g/mol. The van der Waals surface area contributed by atoms with Crippen molar-refractivity contribution >= 4 is 28.4 Å². The third kappa shape index (κ3) is 3.45. The van der Waals surface area contributed by atoms with Gasteiger partial charge in [-0.1, -0.05) is 19.4 Å². The van der Waals surface area contributed by atoms with Gasteiger partial charge in [0.2, 0.25) is 0 Å². The van der Waals surface area contributed by atoms with Crippen LogP contribution in [-0.4, -0.2) is 24.1 Å². The van der Waals surface area contributed by atoms with Gasteiger partial charge in [-0.3, -0.25) is 0 Å². The summed E-state index contributed by atoms with van der Waals surface area (Å²) in [5.74, 6) is 2.38. The van der Waals surface area contributed by atoms with Gasteiger partial charge in [-0.25, -0.2) is 9.97 Å². The van der Waals surface area contributed by atoms with Crippen LogP contribution in [0.3, 0.4) is 0 Å². The number of nitrogens with one attached hydrogen (secondary N) is 1. The number of ether oxygens (including phenoxy) is 1. The van der Waals surface area contributed by atoms with E-state index in [0.29, 0.717) is 5.82 Å². The number of rotatable bonds is 5. The maximum absolute atomic E-state index is 5.48. The maximum atomic E-state index is 5.48. The Bertz CT molecular complexity index is 644. The van der Waals surface area contributed by atoms with Crippen molar-refractivity contribution in [3.8, 4) is 17.1 Å². The zero-order valence-corrected chi connectivity index (χ0v) is 15.0. The Labute approximate surface area is 139 Å². The lowest BCUT2D eigenvalue weighted by Crippen LogP contribution is -2.06. The van der Waals surface area contributed by atoms with E-state index in [1.807, 2.05) is 26.1 Å². The number of aromatic nitrogens is 2. The first-order valence-corrected chi connectivity index (χ1v) is 8.07. The van der Waals surface area contributed by atoms with E-state index in [1.165, 1.54) is 0 Å². The van der Waals surface area contributed by atoms with E-state index >= 15 is 0 Å². The van der Waals surface area contributed by atoms with Crippen LogP contribution in [0.2, 0.25) is 0 Å². The second-order valence-corrected chi connectivity index (χ2v) is 5.94. The van der Waals surface area contributed by atoms with Crippen LogP contribution in [0, 0.1) is 10.5 Å². The first-order chi connectivity index (χ1) is 10.1. The molecule has 0 amide bonds. The summed E-state index contributed by atoms with van der Waals surface area (Å²) >= 11 is 2.30. The highest BCUT2D eigenvalue weighted by molar-refractivity contribution is 14.1. The molecule has 0 unspecified atom stereocenters. The van der Waals surface area contributed by atoms with Gasteiger partial charge in [0.25, 0.3) is 0 Å². The zero-order chi connectivity index (χ0) is 15.4. The first-order valence-electron chi connectivity index (χ1n) is 6.99. The van der Waals surface area contributed by atoms with Crippen LogP contribution < -0.4 is 10.1 Å². The van der Waals surface area contributed by atoms with Crippen molar-refractivity contribution < 1.29 is 4.74 Å². The SMILES string of the molecule is CCCc1nc(-c2ccc(C)cc2OC)nc(NC)c1I. The molecule has 2 aromatic rings. The molecule has 4 nitrogen and oxygen atoms in total. The molecule has 1 N–H and O–H groups in total. The number of aryl methyl sites for hydroxylation is 2. The molecular weight excluding hydrogens is 377 g/mol. The molecule has 5 heteroatoms. The van der Waals surface area contributed by atoms with E-state index < -0.39 is 0 Å². The number of hydrogen-bond donors (Lipinski definition) is 1. The molecule has 0 atom stereocenters. The molecule has 0 saturated heterocycles. The summed E-state index contributed by atoms with van der Waals surface area (Å²) in [6.07, 6.45) is 2.00. The lowest BCUT2D eigenvalue weighted by molar-refractivity contribution is 0.416. The summed E-state index contributed by atoms with van der Waals surface area (Å²) in [5.41, 5.74) is 3.16. The summed E-state index contributed by atoms with van der Waals surface area (Å²) in [6, 6.07) is 6.08. The van der Waals surface area contributed by atoms with Crippen LogP contribution in [0.15, 0.2) is 18.2 Å². The molecule has 1 heterocycles. The van der Waals surface area contributed by atoms with Crippen molar-refractivity contribution in [2.24, 2.45) is 0 Å². The molecular formula is C16H20IN3O. The normalized spacial score (nSPS) is 10.5. The number of halogens is 1. The van der Waals surface area contributed by atoms with Gasteiger partial charge in [0.05, 0.1) is 21.9 Å². The molecule has 112 valence electrons. The molecule has 0 aliphatic carbocycles. The Kier molecular flexibility index (Phi) is 5.39. The summed E-state index contributed by atoms with van der Waals surface area (Å²) in [5, 5.41) is 3.15.